The van der Waals surface area contributed by atoms with Crippen LogP contribution in [0.5, 0.6) is 5.75 Å². The summed E-state index contributed by atoms with van der Waals surface area (Å²) < 4.78 is 30.7. The summed E-state index contributed by atoms with van der Waals surface area (Å²) in [5.41, 5.74) is 1.58. The normalized spacial score (nSPS) is 11.0. The number of para-hydroxylation sites is 1. The molecule has 2 N–H and O–H groups in total. The molecule has 0 aliphatic heterocycles. The first kappa shape index (κ1) is 17.1. The molecule has 23 heavy (non-hydrogen) atoms. The highest BCUT2D eigenvalue weighted by Crippen LogP contribution is 2.18. The third kappa shape index (κ3) is 5.14. The molecule has 2 rings (SSSR count). The molecule has 0 unspecified atom stereocenters. The van der Waals surface area contributed by atoms with E-state index in [0.29, 0.717) is 18.1 Å². The van der Waals surface area contributed by atoms with Gasteiger partial charge in [0.1, 0.15) is 11.6 Å². The number of hydrogen-bond acceptors (Lipinski definition) is 5. The average Bonchev–Trinajstić information content (AvgIpc) is 2.56. The first-order valence-corrected chi connectivity index (χ1v) is 9.01. The number of aromatic nitrogens is 1. The molecule has 0 radical (unpaired) electrons. The number of pyridine rings is 1. The number of nitrogens with zero attached hydrogens (tertiary/aromatic N) is 1. The third-order valence-corrected chi connectivity index (χ3v) is 4.62. The molecule has 2 aromatic rings. The lowest BCUT2D eigenvalue weighted by Crippen LogP contribution is -2.15. The smallest absolute Gasteiger partial charge is 0.232 e. The van der Waals surface area contributed by atoms with Crippen molar-refractivity contribution in [2.24, 2.45) is 0 Å². The van der Waals surface area contributed by atoms with E-state index in [1.165, 1.54) is 6.20 Å². The van der Waals surface area contributed by atoms with Crippen molar-refractivity contribution in [3.63, 3.8) is 0 Å². The number of nitrogens with one attached hydrogen (secondary N) is 2. The molecular formula is C16H21N3O3S. The molecule has 124 valence electrons. The van der Waals surface area contributed by atoms with Crippen molar-refractivity contribution >= 4 is 21.5 Å². The van der Waals surface area contributed by atoms with Gasteiger partial charge in [0.05, 0.1) is 24.7 Å². The summed E-state index contributed by atoms with van der Waals surface area (Å²) in [6.45, 7) is 2.29. The van der Waals surface area contributed by atoms with Crippen molar-refractivity contribution in [1.82, 2.24) is 4.98 Å². The standard InChI is InChI=1S/C16H21N3O3S/c1-3-23(20,21)19-14-8-9-16(18-12-14)17-11-10-13-6-4-5-7-15(13)22-2/h4-9,12,19H,3,10-11H2,1-2H3,(H,17,18). The Hall–Kier alpha value is -2.28. The van der Waals surface area contributed by atoms with Crippen LogP contribution in [0.25, 0.3) is 0 Å². The Morgan fingerprint density at radius 1 is 1.17 bits per heavy atom. The minimum absolute atomic E-state index is 0.0336. The zero-order chi connectivity index (χ0) is 16.7. The van der Waals surface area contributed by atoms with Crippen molar-refractivity contribution in [3.05, 3.63) is 48.2 Å². The number of sulfonamides is 1. The van der Waals surface area contributed by atoms with Crippen molar-refractivity contribution in [2.75, 3.05) is 29.4 Å². The quantitative estimate of drug-likeness (QED) is 0.775. The highest BCUT2D eigenvalue weighted by Gasteiger charge is 2.07. The van der Waals surface area contributed by atoms with Crippen LogP contribution < -0.4 is 14.8 Å². The SMILES string of the molecule is CCS(=O)(=O)Nc1ccc(NCCc2ccccc2OC)nc1. The van der Waals surface area contributed by atoms with E-state index in [1.54, 1.807) is 26.2 Å². The molecule has 0 amide bonds. The van der Waals surface area contributed by atoms with E-state index >= 15 is 0 Å². The molecule has 0 saturated carbocycles. The maximum Gasteiger partial charge on any atom is 0.232 e. The average molecular weight is 335 g/mol. The van der Waals surface area contributed by atoms with Gasteiger partial charge < -0.3 is 10.1 Å². The summed E-state index contributed by atoms with van der Waals surface area (Å²) in [5.74, 6) is 1.59. The Balaban J connectivity index is 1.89. The summed E-state index contributed by atoms with van der Waals surface area (Å²) >= 11 is 0. The van der Waals surface area contributed by atoms with Gasteiger partial charge in [-0.25, -0.2) is 13.4 Å². The first-order chi connectivity index (χ1) is 11.0. The molecule has 1 aromatic heterocycles. The lowest BCUT2D eigenvalue weighted by atomic mass is 10.1. The maximum atomic E-state index is 11.5. The van der Waals surface area contributed by atoms with Crippen LogP contribution >= 0.6 is 0 Å². The second-order valence-corrected chi connectivity index (χ2v) is 6.94. The summed E-state index contributed by atoms with van der Waals surface area (Å²) in [7, 11) is -1.61. The van der Waals surface area contributed by atoms with Gasteiger partial charge in [0.25, 0.3) is 0 Å². The van der Waals surface area contributed by atoms with Crippen LogP contribution in [0.3, 0.4) is 0 Å². The van der Waals surface area contributed by atoms with E-state index in [4.69, 9.17) is 4.74 Å². The molecule has 0 saturated heterocycles. The number of hydrogen-bond donors (Lipinski definition) is 2. The fourth-order valence-electron chi connectivity index (χ4n) is 2.05. The minimum Gasteiger partial charge on any atom is -0.496 e. The molecule has 0 aliphatic rings. The monoisotopic (exact) mass is 335 g/mol. The number of anilines is 2. The molecule has 0 aliphatic carbocycles. The Kier molecular flexibility index (Phi) is 5.81. The lowest BCUT2D eigenvalue weighted by Gasteiger charge is -2.10. The van der Waals surface area contributed by atoms with Crippen LogP contribution in [0, 0.1) is 0 Å². The highest BCUT2D eigenvalue weighted by molar-refractivity contribution is 7.92. The Morgan fingerprint density at radius 2 is 1.96 bits per heavy atom. The van der Waals surface area contributed by atoms with Crippen molar-refractivity contribution in [2.45, 2.75) is 13.3 Å². The van der Waals surface area contributed by atoms with E-state index < -0.39 is 10.0 Å². The van der Waals surface area contributed by atoms with Crippen LogP contribution in [0.15, 0.2) is 42.6 Å². The molecule has 0 fully saturated rings. The van der Waals surface area contributed by atoms with E-state index in [1.807, 2.05) is 24.3 Å². The topological polar surface area (TPSA) is 80.3 Å². The largest absolute Gasteiger partial charge is 0.496 e. The molecular weight excluding hydrogens is 314 g/mol. The predicted molar refractivity (Wildman–Crippen MR) is 92.5 cm³/mol. The fourth-order valence-corrected chi connectivity index (χ4v) is 2.67. The van der Waals surface area contributed by atoms with E-state index in [-0.39, 0.29) is 5.75 Å². The minimum atomic E-state index is -3.27. The van der Waals surface area contributed by atoms with Gasteiger partial charge in [0, 0.05) is 6.54 Å². The number of ether oxygens (including phenoxy) is 1. The van der Waals surface area contributed by atoms with Crippen LogP contribution in [0.2, 0.25) is 0 Å². The van der Waals surface area contributed by atoms with Gasteiger partial charge in [-0.15, -0.1) is 0 Å². The maximum absolute atomic E-state index is 11.5. The first-order valence-electron chi connectivity index (χ1n) is 7.36. The molecule has 7 heteroatoms. The third-order valence-electron chi connectivity index (χ3n) is 3.31. The summed E-state index contributed by atoms with van der Waals surface area (Å²) in [4.78, 5) is 4.20. The van der Waals surface area contributed by atoms with Gasteiger partial charge in [-0.05, 0) is 37.1 Å². The zero-order valence-corrected chi connectivity index (χ0v) is 14.1. The summed E-state index contributed by atoms with van der Waals surface area (Å²) in [6, 6.07) is 11.3. The van der Waals surface area contributed by atoms with Gasteiger partial charge in [-0.3, -0.25) is 4.72 Å². The van der Waals surface area contributed by atoms with E-state index in [2.05, 4.69) is 15.0 Å². The zero-order valence-electron chi connectivity index (χ0n) is 13.2. The molecule has 0 bridgehead atoms. The summed E-state index contributed by atoms with van der Waals surface area (Å²) in [6.07, 6.45) is 2.30. The number of benzene rings is 1. The van der Waals surface area contributed by atoms with Gasteiger partial charge >= 0.3 is 0 Å². The highest BCUT2D eigenvalue weighted by atomic mass is 32.2. The van der Waals surface area contributed by atoms with Crippen molar-refractivity contribution in [1.29, 1.82) is 0 Å². The van der Waals surface area contributed by atoms with Gasteiger partial charge in [0.15, 0.2) is 0 Å². The fraction of sp³-hybridized carbons (Fsp3) is 0.312. The number of methoxy groups -OCH3 is 1. The predicted octanol–water partition coefficient (Wildman–Crippen LogP) is 2.51. The lowest BCUT2D eigenvalue weighted by molar-refractivity contribution is 0.410. The van der Waals surface area contributed by atoms with Gasteiger partial charge in [-0.2, -0.15) is 0 Å². The summed E-state index contributed by atoms with van der Waals surface area (Å²) in [5, 5.41) is 3.20. The molecule has 0 atom stereocenters. The molecule has 1 heterocycles. The van der Waals surface area contributed by atoms with Crippen LogP contribution in [-0.4, -0.2) is 32.8 Å². The Labute approximate surface area is 137 Å². The molecule has 1 aromatic carbocycles. The van der Waals surface area contributed by atoms with Crippen LogP contribution in [-0.2, 0) is 16.4 Å². The van der Waals surface area contributed by atoms with Crippen LogP contribution in [0.4, 0.5) is 11.5 Å². The van der Waals surface area contributed by atoms with Crippen molar-refractivity contribution < 1.29 is 13.2 Å². The van der Waals surface area contributed by atoms with Gasteiger partial charge in [0.2, 0.25) is 10.0 Å². The molecule has 6 nitrogen and oxygen atoms in total. The van der Waals surface area contributed by atoms with E-state index in [9.17, 15) is 8.42 Å². The second-order valence-electron chi connectivity index (χ2n) is 4.93. The van der Waals surface area contributed by atoms with Gasteiger partial charge in [-0.1, -0.05) is 18.2 Å². The van der Waals surface area contributed by atoms with E-state index in [0.717, 1.165) is 17.7 Å². The van der Waals surface area contributed by atoms with Crippen LogP contribution in [0.1, 0.15) is 12.5 Å². The Morgan fingerprint density at radius 3 is 2.61 bits per heavy atom. The second kappa shape index (κ2) is 7.82. The van der Waals surface area contributed by atoms with Crippen molar-refractivity contribution in [3.8, 4) is 5.75 Å². The Bertz CT molecular complexity index is 730. The number of rotatable bonds is 8. The molecule has 0 spiro atoms.